The topological polar surface area (TPSA) is 34.1 Å². The molecule has 0 atom stereocenters. The summed E-state index contributed by atoms with van der Waals surface area (Å²) in [6.07, 6.45) is 0.961. The Bertz CT molecular complexity index is 400. The molecule has 0 saturated heterocycles. The second-order valence-electron chi connectivity index (χ2n) is 5.89. The summed E-state index contributed by atoms with van der Waals surface area (Å²) in [5, 5.41) is 3.35. The number of pyridine rings is 1. The maximum absolute atomic E-state index is 6.02. The second-order valence-corrected chi connectivity index (χ2v) is 5.89. The predicted octanol–water partition coefficient (Wildman–Crippen LogP) is 3.88. The Labute approximate surface area is 117 Å². The minimum Gasteiger partial charge on any atom is -0.472 e. The third-order valence-electron chi connectivity index (χ3n) is 3.28. The molecule has 0 aliphatic carbocycles. The lowest BCUT2D eigenvalue weighted by Crippen LogP contribution is -2.27. The van der Waals surface area contributed by atoms with E-state index in [9.17, 15) is 0 Å². The number of ether oxygens (including phenoxy) is 1. The van der Waals surface area contributed by atoms with E-state index in [1.165, 1.54) is 5.56 Å². The molecule has 0 amide bonds. The lowest BCUT2D eigenvalue weighted by atomic mass is 10.1. The molecule has 0 fully saturated rings. The summed E-state index contributed by atoms with van der Waals surface area (Å²) in [4.78, 5) is 4.62. The molecule has 1 heterocycles. The number of hydrogen-bond donors (Lipinski definition) is 1. The van der Waals surface area contributed by atoms with Crippen molar-refractivity contribution in [1.29, 1.82) is 0 Å². The van der Waals surface area contributed by atoms with E-state index in [0.29, 0.717) is 5.92 Å². The normalized spacial score (nSPS) is 11.9. The molecule has 19 heavy (non-hydrogen) atoms. The summed E-state index contributed by atoms with van der Waals surface area (Å²) in [5.74, 6) is 1.15. The van der Waals surface area contributed by atoms with Crippen molar-refractivity contribution in [2.45, 2.75) is 66.0 Å². The van der Waals surface area contributed by atoms with Crippen molar-refractivity contribution in [2.24, 2.45) is 0 Å². The largest absolute Gasteiger partial charge is 0.472 e. The van der Waals surface area contributed by atoms with E-state index >= 15 is 0 Å². The first-order valence-corrected chi connectivity index (χ1v) is 7.28. The molecule has 0 aliphatic rings. The number of aromatic nitrogens is 1. The molecule has 108 valence electrons. The fourth-order valence-electron chi connectivity index (χ4n) is 1.66. The fraction of sp³-hybridized carbons (Fsp3) is 0.688. The van der Waals surface area contributed by atoms with Gasteiger partial charge in [-0.25, -0.2) is 4.98 Å². The summed E-state index contributed by atoms with van der Waals surface area (Å²) >= 11 is 0. The quantitative estimate of drug-likeness (QED) is 0.811. The van der Waals surface area contributed by atoms with Gasteiger partial charge in [-0.2, -0.15) is 0 Å². The highest BCUT2D eigenvalue weighted by molar-refractivity contribution is 5.27. The summed E-state index contributed by atoms with van der Waals surface area (Å²) < 4.78 is 6.02. The third kappa shape index (κ3) is 5.19. The van der Waals surface area contributed by atoms with E-state index in [1.807, 2.05) is 6.07 Å². The zero-order valence-electron chi connectivity index (χ0n) is 13.2. The van der Waals surface area contributed by atoms with Gasteiger partial charge in [-0.05, 0) is 44.4 Å². The maximum Gasteiger partial charge on any atom is 0.214 e. The Morgan fingerprint density at radius 3 is 2.47 bits per heavy atom. The van der Waals surface area contributed by atoms with Crippen LogP contribution in [0.3, 0.4) is 0 Å². The fourth-order valence-corrected chi connectivity index (χ4v) is 1.66. The molecular formula is C16H28N2O. The van der Waals surface area contributed by atoms with Gasteiger partial charge in [0.2, 0.25) is 5.88 Å². The molecule has 0 saturated carbocycles. The van der Waals surface area contributed by atoms with Crippen LogP contribution in [0.4, 0.5) is 0 Å². The monoisotopic (exact) mass is 264 g/mol. The highest BCUT2D eigenvalue weighted by atomic mass is 16.5. The first-order chi connectivity index (χ1) is 8.88. The van der Waals surface area contributed by atoms with Crippen LogP contribution in [0.5, 0.6) is 5.88 Å². The van der Waals surface area contributed by atoms with Crippen LogP contribution in [-0.2, 0) is 6.54 Å². The second kappa shape index (κ2) is 6.90. The lowest BCUT2D eigenvalue weighted by molar-refractivity contribution is 0.0985. The standard InChI is InChI=1S/C16H28N2O/c1-7-16(5,6)19-15-10-13(11-17-8-2)9-14(18-15)12(3)4/h9-10,12,17H,7-8,11H2,1-6H3. The molecule has 0 radical (unpaired) electrons. The van der Waals surface area contributed by atoms with Crippen molar-refractivity contribution >= 4 is 0 Å². The maximum atomic E-state index is 6.02. The van der Waals surface area contributed by atoms with E-state index in [2.05, 4.69) is 57.9 Å². The molecule has 0 spiro atoms. The smallest absolute Gasteiger partial charge is 0.214 e. The van der Waals surface area contributed by atoms with Crippen LogP contribution in [0.25, 0.3) is 0 Å². The van der Waals surface area contributed by atoms with Crippen molar-refractivity contribution in [3.63, 3.8) is 0 Å². The summed E-state index contributed by atoms with van der Waals surface area (Å²) in [6.45, 7) is 14.6. The molecule has 1 aromatic rings. The van der Waals surface area contributed by atoms with Gasteiger partial charge in [0, 0.05) is 18.3 Å². The Morgan fingerprint density at radius 1 is 1.26 bits per heavy atom. The van der Waals surface area contributed by atoms with Gasteiger partial charge in [0.15, 0.2) is 0 Å². The van der Waals surface area contributed by atoms with Crippen LogP contribution in [0.15, 0.2) is 12.1 Å². The van der Waals surface area contributed by atoms with E-state index in [-0.39, 0.29) is 5.60 Å². The average Bonchev–Trinajstić information content (AvgIpc) is 2.35. The van der Waals surface area contributed by atoms with Gasteiger partial charge >= 0.3 is 0 Å². The van der Waals surface area contributed by atoms with Crippen LogP contribution >= 0.6 is 0 Å². The summed E-state index contributed by atoms with van der Waals surface area (Å²) in [7, 11) is 0. The molecular weight excluding hydrogens is 236 g/mol. The number of rotatable bonds is 7. The lowest BCUT2D eigenvalue weighted by Gasteiger charge is -2.25. The van der Waals surface area contributed by atoms with Crippen molar-refractivity contribution < 1.29 is 4.74 Å². The van der Waals surface area contributed by atoms with Gasteiger partial charge in [0.1, 0.15) is 5.60 Å². The van der Waals surface area contributed by atoms with Gasteiger partial charge in [-0.1, -0.05) is 27.7 Å². The Morgan fingerprint density at radius 2 is 1.95 bits per heavy atom. The number of nitrogens with zero attached hydrogens (tertiary/aromatic N) is 1. The first-order valence-electron chi connectivity index (χ1n) is 7.28. The minimum atomic E-state index is -0.169. The molecule has 3 nitrogen and oxygen atoms in total. The van der Waals surface area contributed by atoms with Gasteiger partial charge in [-0.15, -0.1) is 0 Å². The van der Waals surface area contributed by atoms with Crippen molar-refractivity contribution in [3.8, 4) is 5.88 Å². The van der Waals surface area contributed by atoms with Gasteiger partial charge in [0.25, 0.3) is 0 Å². The third-order valence-corrected chi connectivity index (χ3v) is 3.28. The zero-order valence-corrected chi connectivity index (χ0v) is 13.2. The predicted molar refractivity (Wildman–Crippen MR) is 80.7 cm³/mol. The van der Waals surface area contributed by atoms with Gasteiger partial charge < -0.3 is 10.1 Å². The Kier molecular flexibility index (Phi) is 5.80. The molecule has 0 unspecified atom stereocenters. The SMILES string of the molecule is CCNCc1cc(OC(C)(C)CC)nc(C(C)C)c1. The number of nitrogens with one attached hydrogen (secondary N) is 1. The van der Waals surface area contributed by atoms with Crippen LogP contribution < -0.4 is 10.1 Å². The Balaban J connectivity index is 2.99. The molecule has 3 heteroatoms. The summed E-state index contributed by atoms with van der Waals surface area (Å²) in [6, 6.07) is 4.21. The highest BCUT2D eigenvalue weighted by Crippen LogP contribution is 2.23. The summed E-state index contributed by atoms with van der Waals surface area (Å²) in [5.41, 5.74) is 2.16. The van der Waals surface area contributed by atoms with Crippen molar-refractivity contribution in [2.75, 3.05) is 6.54 Å². The highest BCUT2D eigenvalue weighted by Gasteiger charge is 2.18. The van der Waals surface area contributed by atoms with E-state index < -0.39 is 0 Å². The molecule has 0 bridgehead atoms. The Hall–Kier alpha value is -1.09. The van der Waals surface area contributed by atoms with Gasteiger partial charge in [0.05, 0.1) is 0 Å². The first kappa shape index (κ1) is 16.0. The van der Waals surface area contributed by atoms with Crippen molar-refractivity contribution in [1.82, 2.24) is 10.3 Å². The van der Waals surface area contributed by atoms with Crippen LogP contribution in [0.2, 0.25) is 0 Å². The van der Waals surface area contributed by atoms with Crippen LogP contribution in [-0.4, -0.2) is 17.1 Å². The van der Waals surface area contributed by atoms with E-state index in [0.717, 1.165) is 31.1 Å². The molecule has 0 aromatic carbocycles. The van der Waals surface area contributed by atoms with Crippen LogP contribution in [0.1, 0.15) is 65.1 Å². The van der Waals surface area contributed by atoms with Crippen molar-refractivity contribution in [3.05, 3.63) is 23.4 Å². The van der Waals surface area contributed by atoms with E-state index in [4.69, 9.17) is 4.74 Å². The van der Waals surface area contributed by atoms with Gasteiger partial charge in [-0.3, -0.25) is 0 Å². The molecule has 1 rings (SSSR count). The average molecular weight is 264 g/mol. The van der Waals surface area contributed by atoms with Crippen LogP contribution in [0, 0.1) is 0 Å². The molecule has 1 N–H and O–H groups in total. The number of hydrogen-bond acceptors (Lipinski definition) is 3. The molecule has 1 aromatic heterocycles. The molecule has 0 aliphatic heterocycles. The minimum absolute atomic E-state index is 0.169. The zero-order chi connectivity index (χ0) is 14.5. The van der Waals surface area contributed by atoms with E-state index in [1.54, 1.807) is 0 Å².